The number of anilines is 1. The molecule has 1 aromatic heterocycles. The fraction of sp³-hybridized carbons (Fsp3) is 0.217. The van der Waals surface area contributed by atoms with Crippen LogP contribution in [0, 0.1) is 0 Å². The van der Waals surface area contributed by atoms with E-state index in [4.69, 9.17) is 9.47 Å². The Morgan fingerprint density at radius 3 is 2.43 bits per heavy atom. The van der Waals surface area contributed by atoms with Crippen molar-refractivity contribution < 1.29 is 27.5 Å². The number of sulfone groups is 1. The molecule has 10 nitrogen and oxygen atoms in total. The fourth-order valence-corrected chi connectivity index (χ4v) is 4.81. The molecule has 0 spiro atoms. The Morgan fingerprint density at radius 1 is 1.06 bits per heavy atom. The summed E-state index contributed by atoms with van der Waals surface area (Å²) < 4.78 is 35.9. The Labute approximate surface area is 206 Å². The van der Waals surface area contributed by atoms with Gasteiger partial charge in [-0.2, -0.15) is 0 Å². The maximum absolute atomic E-state index is 12.8. The van der Waals surface area contributed by atoms with Crippen LogP contribution in [0.4, 0.5) is 5.69 Å². The van der Waals surface area contributed by atoms with Crippen molar-refractivity contribution >= 4 is 39.2 Å². The van der Waals surface area contributed by atoms with Crippen LogP contribution < -0.4 is 15.6 Å². The second-order valence-corrected chi connectivity index (χ2v) is 9.77. The van der Waals surface area contributed by atoms with Gasteiger partial charge in [-0.15, -0.1) is 0 Å². The normalized spacial score (nSPS) is 11.0. The predicted molar refractivity (Wildman–Crippen MR) is 130 cm³/mol. The van der Waals surface area contributed by atoms with E-state index < -0.39 is 32.2 Å². The Kier molecular flexibility index (Phi) is 8.66. The first-order valence-corrected chi connectivity index (χ1v) is 13.0. The lowest BCUT2D eigenvalue weighted by Crippen LogP contribution is -2.20. The smallest absolute Gasteiger partial charge is 0.340 e. The van der Waals surface area contributed by atoms with Gasteiger partial charge in [0.2, 0.25) is 15.7 Å². The van der Waals surface area contributed by atoms with Crippen LogP contribution in [-0.2, 0) is 19.4 Å². The minimum Gasteiger partial charge on any atom is -0.494 e. The van der Waals surface area contributed by atoms with Gasteiger partial charge in [0, 0.05) is 0 Å². The highest BCUT2D eigenvalue weighted by Gasteiger charge is 2.23. The van der Waals surface area contributed by atoms with Gasteiger partial charge in [-0.1, -0.05) is 23.9 Å². The lowest BCUT2D eigenvalue weighted by atomic mass is 10.2. The molecule has 0 aliphatic heterocycles. The van der Waals surface area contributed by atoms with E-state index in [1.165, 1.54) is 30.3 Å². The lowest BCUT2D eigenvalue weighted by molar-refractivity contribution is -0.113. The summed E-state index contributed by atoms with van der Waals surface area (Å²) in [6.45, 7) is 4.12. The van der Waals surface area contributed by atoms with E-state index in [9.17, 15) is 22.8 Å². The number of esters is 1. The molecule has 3 rings (SSSR count). The van der Waals surface area contributed by atoms with Gasteiger partial charge < -0.3 is 19.8 Å². The van der Waals surface area contributed by atoms with Gasteiger partial charge in [-0.3, -0.25) is 9.59 Å². The average Bonchev–Trinajstić information content (AvgIpc) is 2.83. The lowest BCUT2D eigenvalue weighted by Gasteiger charge is -2.10. The number of hydrogen-bond acceptors (Lipinski definition) is 9. The first-order valence-electron chi connectivity index (χ1n) is 10.5. The number of carbonyl (C=O) groups is 2. The number of aromatic nitrogens is 2. The van der Waals surface area contributed by atoms with E-state index in [2.05, 4.69) is 15.3 Å². The number of amides is 1. The van der Waals surface area contributed by atoms with Crippen molar-refractivity contribution in [3.8, 4) is 5.75 Å². The molecule has 2 aromatic carbocycles. The highest BCUT2D eigenvalue weighted by molar-refractivity contribution is 7.99. The van der Waals surface area contributed by atoms with Gasteiger partial charge >= 0.3 is 5.97 Å². The summed E-state index contributed by atoms with van der Waals surface area (Å²) in [7, 11) is -4.10. The highest BCUT2D eigenvalue weighted by atomic mass is 32.2. The van der Waals surface area contributed by atoms with Crippen LogP contribution in [0.3, 0.4) is 0 Å². The van der Waals surface area contributed by atoms with E-state index >= 15 is 0 Å². The zero-order valence-electron chi connectivity index (χ0n) is 18.9. The van der Waals surface area contributed by atoms with Crippen LogP contribution in [0.5, 0.6) is 5.75 Å². The second-order valence-electron chi connectivity index (χ2n) is 6.89. The molecule has 0 fully saturated rings. The Bertz CT molecular complexity index is 1370. The number of aromatic amines is 1. The quantitative estimate of drug-likeness (QED) is 0.236. The number of benzene rings is 2. The van der Waals surface area contributed by atoms with E-state index in [1.807, 2.05) is 6.92 Å². The first kappa shape index (κ1) is 26.0. The van der Waals surface area contributed by atoms with E-state index in [1.54, 1.807) is 25.1 Å². The number of thioether (sulfide) groups is 1. The molecule has 2 N–H and O–H groups in total. The Hall–Kier alpha value is -3.64. The van der Waals surface area contributed by atoms with Crippen LogP contribution in [0.2, 0.25) is 0 Å². The molecule has 35 heavy (non-hydrogen) atoms. The molecule has 0 aliphatic carbocycles. The van der Waals surface area contributed by atoms with E-state index in [0.29, 0.717) is 12.4 Å². The summed E-state index contributed by atoms with van der Waals surface area (Å²) in [6, 6.07) is 12.1. The SMILES string of the molecule is CCOC(=O)c1ccccc1NC(=O)CSc1ncc(S(=O)(=O)c2ccc(OCC)cc2)c(=O)[nH]1. The third kappa shape index (κ3) is 6.49. The highest BCUT2D eigenvalue weighted by Crippen LogP contribution is 2.22. The average molecular weight is 518 g/mol. The number of H-pyrrole nitrogens is 1. The summed E-state index contributed by atoms with van der Waals surface area (Å²) in [6.07, 6.45) is 0.959. The van der Waals surface area contributed by atoms with Crippen molar-refractivity contribution in [2.24, 2.45) is 0 Å². The molecule has 0 radical (unpaired) electrons. The van der Waals surface area contributed by atoms with Crippen molar-refractivity contribution in [2.45, 2.75) is 28.8 Å². The number of para-hydroxylation sites is 1. The third-order valence-electron chi connectivity index (χ3n) is 4.51. The van der Waals surface area contributed by atoms with Gasteiger partial charge in [0.05, 0.1) is 41.3 Å². The van der Waals surface area contributed by atoms with Crippen LogP contribution in [0.25, 0.3) is 0 Å². The molecule has 0 unspecified atom stereocenters. The zero-order valence-corrected chi connectivity index (χ0v) is 20.6. The standard InChI is InChI=1S/C23H23N3O7S2/c1-3-32-15-9-11-16(12-10-15)35(30,31)19-13-24-23(26-21(19)28)34-14-20(27)25-18-8-6-5-7-17(18)22(29)33-4-2/h5-13H,3-4,14H2,1-2H3,(H,25,27)(H,24,26,28). The van der Waals surface area contributed by atoms with Gasteiger partial charge in [0.1, 0.15) is 5.75 Å². The first-order chi connectivity index (χ1) is 16.8. The van der Waals surface area contributed by atoms with Gasteiger partial charge in [0.25, 0.3) is 5.56 Å². The monoisotopic (exact) mass is 517 g/mol. The topological polar surface area (TPSA) is 145 Å². The van der Waals surface area contributed by atoms with E-state index in [-0.39, 0.29) is 33.7 Å². The summed E-state index contributed by atoms with van der Waals surface area (Å²) >= 11 is 0.903. The molecule has 0 bridgehead atoms. The van der Waals surface area contributed by atoms with Crippen molar-refractivity contribution in [1.29, 1.82) is 0 Å². The van der Waals surface area contributed by atoms with Gasteiger partial charge in [-0.25, -0.2) is 18.2 Å². The molecule has 0 saturated carbocycles. The number of rotatable bonds is 10. The molecule has 1 heterocycles. The Morgan fingerprint density at radius 2 is 1.77 bits per heavy atom. The number of hydrogen-bond donors (Lipinski definition) is 2. The molecule has 3 aromatic rings. The maximum Gasteiger partial charge on any atom is 0.340 e. The molecule has 0 saturated heterocycles. The van der Waals surface area contributed by atoms with Crippen LogP contribution in [0.15, 0.2) is 74.5 Å². The summed E-state index contributed by atoms with van der Waals surface area (Å²) in [5.41, 5.74) is -0.359. The number of nitrogens with zero attached hydrogens (tertiary/aromatic N) is 1. The number of nitrogens with one attached hydrogen (secondary N) is 2. The van der Waals surface area contributed by atoms with Crippen LogP contribution in [-0.4, -0.2) is 49.2 Å². The molecule has 1 amide bonds. The van der Waals surface area contributed by atoms with Gasteiger partial charge in [-0.05, 0) is 50.2 Å². The van der Waals surface area contributed by atoms with Crippen LogP contribution >= 0.6 is 11.8 Å². The molecular formula is C23H23N3O7S2. The summed E-state index contributed by atoms with van der Waals surface area (Å²) in [5.74, 6) is -0.661. The van der Waals surface area contributed by atoms with Crippen LogP contribution in [0.1, 0.15) is 24.2 Å². The molecule has 184 valence electrons. The van der Waals surface area contributed by atoms with Gasteiger partial charge in [0.15, 0.2) is 10.1 Å². The van der Waals surface area contributed by atoms with E-state index in [0.717, 1.165) is 18.0 Å². The third-order valence-corrected chi connectivity index (χ3v) is 7.16. The maximum atomic E-state index is 12.8. The summed E-state index contributed by atoms with van der Waals surface area (Å²) in [5, 5.41) is 2.68. The largest absolute Gasteiger partial charge is 0.494 e. The molecular weight excluding hydrogens is 494 g/mol. The second kappa shape index (κ2) is 11.7. The van der Waals surface area contributed by atoms with Crippen molar-refractivity contribution in [2.75, 3.05) is 24.3 Å². The van der Waals surface area contributed by atoms with Crippen molar-refractivity contribution in [3.63, 3.8) is 0 Å². The minimum absolute atomic E-state index is 0.0643. The molecule has 0 aliphatic rings. The zero-order chi connectivity index (χ0) is 25.4. The number of ether oxygens (including phenoxy) is 2. The minimum atomic E-state index is -4.10. The number of carbonyl (C=O) groups excluding carboxylic acids is 2. The van der Waals surface area contributed by atoms with Crippen molar-refractivity contribution in [3.05, 3.63) is 70.6 Å². The summed E-state index contributed by atoms with van der Waals surface area (Å²) in [4.78, 5) is 42.7. The predicted octanol–water partition coefficient (Wildman–Crippen LogP) is 2.91. The van der Waals surface area contributed by atoms with Crippen molar-refractivity contribution in [1.82, 2.24) is 9.97 Å². The molecule has 12 heteroatoms. The molecule has 0 atom stereocenters. The Balaban J connectivity index is 1.68. The fourth-order valence-electron chi connectivity index (χ4n) is 2.94.